The molecule has 0 saturated carbocycles. The number of nitrogens with zero attached hydrogens (tertiary/aromatic N) is 6. The number of fused-ring (bicyclic) bond motifs is 1. The van der Waals surface area contributed by atoms with E-state index in [-0.39, 0.29) is 11.6 Å². The number of aromatic nitrogens is 3. The molecular formula is C23H19FN6OS. The van der Waals surface area contributed by atoms with Crippen LogP contribution in [0, 0.1) is 17.1 Å². The van der Waals surface area contributed by atoms with Crippen LogP contribution >= 0.6 is 11.3 Å². The summed E-state index contributed by atoms with van der Waals surface area (Å²) in [6, 6.07) is 13.7. The van der Waals surface area contributed by atoms with Crippen molar-refractivity contribution in [2.45, 2.75) is 6.92 Å². The van der Waals surface area contributed by atoms with E-state index < -0.39 is 0 Å². The Bertz CT molecular complexity index is 1310. The summed E-state index contributed by atoms with van der Waals surface area (Å²) in [6.45, 7) is 4.47. The van der Waals surface area contributed by atoms with Gasteiger partial charge in [0.15, 0.2) is 5.78 Å². The van der Waals surface area contributed by atoms with Gasteiger partial charge >= 0.3 is 0 Å². The molecule has 4 aromatic rings. The number of piperazine rings is 1. The second kappa shape index (κ2) is 8.05. The van der Waals surface area contributed by atoms with Gasteiger partial charge in [0.05, 0.1) is 23.1 Å². The van der Waals surface area contributed by atoms with Crippen molar-refractivity contribution in [3.63, 3.8) is 0 Å². The number of hydrogen-bond acceptors (Lipinski definition) is 7. The lowest BCUT2D eigenvalue weighted by molar-refractivity contribution is 0.101. The molecule has 1 saturated heterocycles. The third kappa shape index (κ3) is 3.69. The van der Waals surface area contributed by atoms with Crippen molar-refractivity contribution in [1.82, 2.24) is 14.6 Å². The molecule has 3 heterocycles. The molecule has 0 spiro atoms. The molecule has 32 heavy (non-hydrogen) atoms. The lowest BCUT2D eigenvalue weighted by atomic mass is 10.1. The van der Waals surface area contributed by atoms with E-state index in [4.69, 9.17) is 0 Å². The predicted molar refractivity (Wildman–Crippen MR) is 122 cm³/mol. The Kier molecular flexibility index (Phi) is 5.07. The van der Waals surface area contributed by atoms with Crippen LogP contribution in [0.25, 0.3) is 16.2 Å². The molecule has 9 heteroatoms. The lowest BCUT2D eigenvalue weighted by Gasteiger charge is -2.36. The van der Waals surface area contributed by atoms with Crippen molar-refractivity contribution >= 4 is 32.9 Å². The molecule has 0 bridgehead atoms. The van der Waals surface area contributed by atoms with Crippen LogP contribution in [0.5, 0.6) is 0 Å². The summed E-state index contributed by atoms with van der Waals surface area (Å²) in [4.78, 5) is 21.5. The number of benzene rings is 2. The van der Waals surface area contributed by atoms with Gasteiger partial charge in [-0.25, -0.2) is 13.9 Å². The Labute approximate surface area is 187 Å². The van der Waals surface area contributed by atoms with Gasteiger partial charge in [0.1, 0.15) is 11.9 Å². The molecule has 0 unspecified atom stereocenters. The molecule has 7 nitrogen and oxygen atoms in total. The molecule has 1 aliphatic heterocycles. The Morgan fingerprint density at radius 3 is 2.47 bits per heavy atom. The fourth-order valence-corrected chi connectivity index (χ4v) is 4.76. The highest BCUT2D eigenvalue weighted by Crippen LogP contribution is 2.29. The maximum atomic E-state index is 13.2. The minimum atomic E-state index is -0.274. The topological polar surface area (TPSA) is 77.5 Å². The molecule has 2 aromatic carbocycles. The zero-order valence-corrected chi connectivity index (χ0v) is 18.1. The zero-order chi connectivity index (χ0) is 22.2. The zero-order valence-electron chi connectivity index (χ0n) is 17.3. The number of rotatable bonds is 4. The average Bonchev–Trinajstić information content (AvgIpc) is 3.39. The third-order valence-corrected chi connectivity index (χ3v) is 6.57. The molecule has 0 amide bonds. The van der Waals surface area contributed by atoms with Crippen molar-refractivity contribution in [2.75, 3.05) is 36.0 Å². The van der Waals surface area contributed by atoms with Gasteiger partial charge in [-0.2, -0.15) is 5.26 Å². The van der Waals surface area contributed by atoms with Crippen molar-refractivity contribution in [2.24, 2.45) is 0 Å². The number of nitriles is 1. The quantitative estimate of drug-likeness (QED) is 0.441. The fraction of sp³-hybridized carbons (Fsp3) is 0.217. The molecule has 0 N–H and O–H groups in total. The molecule has 160 valence electrons. The minimum absolute atomic E-state index is 0.0134. The standard InChI is InChI=1S/C23H19FN6OS/c1-15(31)17-2-3-18(13-25)21(12-17)28-8-10-29(11-9-28)23-27-30-14-20(26-22(30)32-23)16-4-6-19(24)7-5-16/h2-7,12,14H,8-11H2,1H3. The highest BCUT2D eigenvalue weighted by molar-refractivity contribution is 7.20. The van der Waals surface area contributed by atoms with Crippen LogP contribution in [-0.2, 0) is 0 Å². The van der Waals surface area contributed by atoms with Gasteiger partial charge in [0.25, 0.3) is 0 Å². The van der Waals surface area contributed by atoms with Gasteiger partial charge in [0.2, 0.25) is 10.1 Å². The molecule has 1 fully saturated rings. The van der Waals surface area contributed by atoms with Crippen molar-refractivity contribution < 1.29 is 9.18 Å². The highest BCUT2D eigenvalue weighted by atomic mass is 32.1. The number of carbonyl (C=O) groups excluding carboxylic acids is 1. The van der Waals surface area contributed by atoms with Gasteiger partial charge in [-0.1, -0.05) is 11.3 Å². The normalized spacial score (nSPS) is 14.0. The van der Waals surface area contributed by atoms with Crippen LogP contribution in [0.1, 0.15) is 22.8 Å². The maximum absolute atomic E-state index is 13.2. The van der Waals surface area contributed by atoms with Crippen molar-refractivity contribution in [3.8, 4) is 17.3 Å². The summed E-state index contributed by atoms with van der Waals surface area (Å²) in [5.74, 6) is -0.287. The van der Waals surface area contributed by atoms with Crippen LogP contribution in [0.3, 0.4) is 0 Å². The molecule has 1 aliphatic rings. The number of hydrogen-bond donors (Lipinski definition) is 0. The number of anilines is 2. The first-order valence-corrected chi connectivity index (χ1v) is 11.0. The van der Waals surface area contributed by atoms with Gasteiger partial charge in [-0.05, 0) is 49.4 Å². The largest absolute Gasteiger partial charge is 0.367 e. The van der Waals surface area contributed by atoms with Crippen molar-refractivity contribution in [1.29, 1.82) is 5.26 Å². The Morgan fingerprint density at radius 2 is 1.81 bits per heavy atom. The van der Waals surface area contributed by atoms with Gasteiger partial charge in [0, 0.05) is 37.3 Å². The molecule has 2 aromatic heterocycles. The highest BCUT2D eigenvalue weighted by Gasteiger charge is 2.23. The van der Waals surface area contributed by atoms with E-state index >= 15 is 0 Å². The molecular weight excluding hydrogens is 427 g/mol. The number of ketones is 1. The van der Waals surface area contributed by atoms with E-state index in [9.17, 15) is 14.4 Å². The maximum Gasteiger partial charge on any atom is 0.214 e. The van der Waals surface area contributed by atoms with E-state index in [1.165, 1.54) is 30.4 Å². The van der Waals surface area contributed by atoms with Crippen LogP contribution in [-0.4, -0.2) is 46.6 Å². The average molecular weight is 447 g/mol. The Morgan fingerprint density at radius 1 is 1.09 bits per heavy atom. The minimum Gasteiger partial charge on any atom is -0.367 e. The monoisotopic (exact) mass is 446 g/mol. The number of halogens is 1. The smallest absolute Gasteiger partial charge is 0.214 e. The number of carbonyl (C=O) groups is 1. The molecule has 0 aliphatic carbocycles. The molecule has 0 atom stereocenters. The summed E-state index contributed by atoms with van der Waals surface area (Å²) in [7, 11) is 0. The SMILES string of the molecule is CC(=O)c1ccc(C#N)c(N2CCN(c3nn4cc(-c5ccc(F)cc5)nc4s3)CC2)c1. The summed E-state index contributed by atoms with van der Waals surface area (Å²) < 4.78 is 14.9. The Balaban J connectivity index is 1.32. The van der Waals surface area contributed by atoms with E-state index in [2.05, 4.69) is 26.0 Å². The van der Waals surface area contributed by atoms with Gasteiger partial charge in [-0.15, -0.1) is 5.10 Å². The van der Waals surface area contributed by atoms with Crippen LogP contribution in [0.2, 0.25) is 0 Å². The lowest BCUT2D eigenvalue weighted by Crippen LogP contribution is -2.46. The third-order valence-electron chi connectivity index (χ3n) is 5.59. The number of Topliss-reactive ketones (excluding diaryl/α,β-unsaturated/α-hetero) is 1. The number of imidazole rings is 1. The molecule has 0 radical (unpaired) electrons. The second-order valence-electron chi connectivity index (χ2n) is 7.62. The van der Waals surface area contributed by atoms with Gasteiger partial charge in [-0.3, -0.25) is 4.79 Å². The van der Waals surface area contributed by atoms with Gasteiger partial charge < -0.3 is 9.80 Å². The summed E-state index contributed by atoms with van der Waals surface area (Å²) in [6.07, 6.45) is 1.85. The van der Waals surface area contributed by atoms with Crippen LogP contribution in [0.15, 0.2) is 48.7 Å². The predicted octanol–water partition coefficient (Wildman–Crippen LogP) is 4.00. The summed E-state index contributed by atoms with van der Waals surface area (Å²) >= 11 is 1.51. The van der Waals surface area contributed by atoms with Crippen LogP contribution < -0.4 is 9.80 Å². The van der Waals surface area contributed by atoms with E-state index in [0.29, 0.717) is 11.1 Å². The summed E-state index contributed by atoms with van der Waals surface area (Å²) in [5, 5.41) is 15.0. The van der Waals surface area contributed by atoms with E-state index in [1.807, 2.05) is 12.3 Å². The van der Waals surface area contributed by atoms with E-state index in [1.54, 1.807) is 28.8 Å². The molecule has 5 rings (SSSR count). The summed E-state index contributed by atoms with van der Waals surface area (Å²) in [5.41, 5.74) is 3.59. The first kappa shape index (κ1) is 20.2. The fourth-order valence-electron chi connectivity index (χ4n) is 3.82. The van der Waals surface area contributed by atoms with E-state index in [0.717, 1.165) is 53.2 Å². The Hall–Kier alpha value is -3.77. The van der Waals surface area contributed by atoms with Crippen molar-refractivity contribution in [3.05, 3.63) is 65.6 Å². The first-order valence-electron chi connectivity index (χ1n) is 10.2. The van der Waals surface area contributed by atoms with Crippen LogP contribution in [0.4, 0.5) is 15.2 Å². The second-order valence-corrected chi connectivity index (χ2v) is 8.55. The first-order chi connectivity index (χ1) is 15.5.